The maximum atomic E-state index is 12.8. The smallest absolute Gasteiger partial charge is 0.254 e. The molecule has 2 fully saturated rings. The first kappa shape index (κ1) is 15.0. The summed E-state index contributed by atoms with van der Waals surface area (Å²) in [5.74, 6) is 0.694. The van der Waals surface area contributed by atoms with Gasteiger partial charge in [-0.05, 0) is 43.5 Å². The Morgan fingerprint density at radius 1 is 1.23 bits per heavy atom. The van der Waals surface area contributed by atoms with E-state index in [1.54, 1.807) is 4.90 Å². The number of carbonyl (C=O) groups excluding carboxylic acids is 2. The van der Waals surface area contributed by atoms with E-state index in [0.29, 0.717) is 32.0 Å². The maximum absolute atomic E-state index is 12.8. The summed E-state index contributed by atoms with van der Waals surface area (Å²) in [5.41, 5.74) is 1.92. The molecule has 3 rings (SSSR count). The Kier molecular flexibility index (Phi) is 4.73. The number of benzene rings is 1. The Labute approximate surface area is 131 Å². The van der Waals surface area contributed by atoms with Crippen LogP contribution in [-0.2, 0) is 11.2 Å². The number of amides is 2. The molecule has 1 atom stereocenters. The van der Waals surface area contributed by atoms with Crippen molar-refractivity contribution in [3.8, 4) is 0 Å². The van der Waals surface area contributed by atoms with Gasteiger partial charge < -0.3 is 15.5 Å². The third kappa shape index (κ3) is 3.47. The number of hydrogen-bond donors (Lipinski definition) is 2. The fourth-order valence-corrected chi connectivity index (χ4v) is 3.25. The van der Waals surface area contributed by atoms with Gasteiger partial charge in [-0.25, -0.2) is 0 Å². The summed E-state index contributed by atoms with van der Waals surface area (Å²) in [6.07, 6.45) is 2.51. The molecule has 2 saturated heterocycles. The Bertz CT molecular complexity index is 553. The number of nitrogens with zero attached hydrogens (tertiary/aromatic N) is 1. The van der Waals surface area contributed by atoms with E-state index in [1.165, 1.54) is 6.42 Å². The minimum absolute atomic E-state index is 0.0283. The van der Waals surface area contributed by atoms with Gasteiger partial charge in [0.2, 0.25) is 5.91 Å². The summed E-state index contributed by atoms with van der Waals surface area (Å²) >= 11 is 0. The van der Waals surface area contributed by atoms with Crippen molar-refractivity contribution in [1.29, 1.82) is 0 Å². The first-order valence-corrected chi connectivity index (χ1v) is 8.08. The fraction of sp³-hybridized carbons (Fsp3) is 0.529. The van der Waals surface area contributed by atoms with E-state index in [4.69, 9.17) is 0 Å². The molecule has 0 aromatic heterocycles. The van der Waals surface area contributed by atoms with Gasteiger partial charge >= 0.3 is 0 Å². The second kappa shape index (κ2) is 6.92. The lowest BCUT2D eigenvalue weighted by Crippen LogP contribution is -2.34. The average molecular weight is 301 g/mol. The van der Waals surface area contributed by atoms with Crippen molar-refractivity contribution in [3.63, 3.8) is 0 Å². The molecule has 0 saturated carbocycles. The van der Waals surface area contributed by atoms with Crippen LogP contribution in [-0.4, -0.2) is 49.4 Å². The largest absolute Gasteiger partial charge is 0.354 e. The first-order valence-electron chi connectivity index (χ1n) is 8.08. The molecule has 22 heavy (non-hydrogen) atoms. The van der Waals surface area contributed by atoms with Crippen LogP contribution in [0.4, 0.5) is 0 Å². The predicted molar refractivity (Wildman–Crippen MR) is 84.7 cm³/mol. The first-order chi connectivity index (χ1) is 10.7. The molecule has 0 spiro atoms. The standard InChI is InChI=1S/C17H23N3O2/c21-16-6-9-20(10-8-19-16)17(22)15-4-2-1-3-14(15)11-13-5-7-18-12-13/h1-4,13,18H,5-12H2,(H,19,21). The molecule has 2 aliphatic rings. The van der Waals surface area contributed by atoms with Crippen LogP contribution in [0.1, 0.15) is 28.8 Å². The lowest BCUT2D eigenvalue weighted by molar-refractivity contribution is -0.120. The Morgan fingerprint density at radius 2 is 2.09 bits per heavy atom. The van der Waals surface area contributed by atoms with Crippen molar-refractivity contribution in [2.45, 2.75) is 19.3 Å². The molecule has 2 aliphatic heterocycles. The van der Waals surface area contributed by atoms with Gasteiger partial charge in [0.25, 0.3) is 5.91 Å². The molecule has 0 bridgehead atoms. The fourth-order valence-electron chi connectivity index (χ4n) is 3.25. The van der Waals surface area contributed by atoms with Gasteiger partial charge in [-0.15, -0.1) is 0 Å². The topological polar surface area (TPSA) is 61.4 Å². The van der Waals surface area contributed by atoms with E-state index in [0.717, 1.165) is 30.6 Å². The van der Waals surface area contributed by atoms with E-state index >= 15 is 0 Å². The summed E-state index contributed by atoms with van der Waals surface area (Å²) in [7, 11) is 0. The van der Waals surface area contributed by atoms with E-state index in [9.17, 15) is 9.59 Å². The van der Waals surface area contributed by atoms with Crippen molar-refractivity contribution < 1.29 is 9.59 Å². The second-order valence-corrected chi connectivity index (χ2v) is 6.11. The third-order valence-electron chi connectivity index (χ3n) is 4.52. The van der Waals surface area contributed by atoms with Crippen LogP contribution in [0.5, 0.6) is 0 Å². The average Bonchev–Trinajstić information content (AvgIpc) is 2.94. The monoisotopic (exact) mass is 301 g/mol. The number of carbonyl (C=O) groups is 2. The summed E-state index contributed by atoms with van der Waals surface area (Å²) in [5, 5.41) is 6.19. The van der Waals surface area contributed by atoms with Gasteiger partial charge in [0.15, 0.2) is 0 Å². The molecule has 2 N–H and O–H groups in total. The zero-order valence-corrected chi connectivity index (χ0v) is 12.8. The number of rotatable bonds is 3. The molecule has 0 radical (unpaired) electrons. The lowest BCUT2D eigenvalue weighted by Gasteiger charge is -2.22. The molecule has 2 heterocycles. The molecule has 1 aromatic carbocycles. The highest BCUT2D eigenvalue weighted by Gasteiger charge is 2.23. The Balaban J connectivity index is 1.75. The van der Waals surface area contributed by atoms with Gasteiger partial charge in [-0.2, -0.15) is 0 Å². The molecule has 5 nitrogen and oxygen atoms in total. The van der Waals surface area contributed by atoms with Crippen molar-refractivity contribution in [2.24, 2.45) is 5.92 Å². The lowest BCUT2D eigenvalue weighted by atomic mass is 9.94. The third-order valence-corrected chi connectivity index (χ3v) is 4.52. The highest BCUT2D eigenvalue weighted by molar-refractivity contribution is 5.96. The van der Waals surface area contributed by atoms with Gasteiger partial charge in [-0.1, -0.05) is 18.2 Å². The minimum Gasteiger partial charge on any atom is -0.354 e. The normalized spacial score (nSPS) is 22.3. The van der Waals surface area contributed by atoms with Gasteiger partial charge in [0.05, 0.1) is 0 Å². The summed E-state index contributed by atoms with van der Waals surface area (Å²) in [6, 6.07) is 7.90. The van der Waals surface area contributed by atoms with Crippen molar-refractivity contribution in [3.05, 3.63) is 35.4 Å². The molecule has 1 unspecified atom stereocenters. The van der Waals surface area contributed by atoms with Crippen LogP contribution in [0.15, 0.2) is 24.3 Å². The molecular weight excluding hydrogens is 278 g/mol. The summed E-state index contributed by atoms with van der Waals surface area (Å²) < 4.78 is 0. The zero-order valence-electron chi connectivity index (χ0n) is 12.8. The minimum atomic E-state index is 0.0283. The van der Waals surface area contributed by atoms with Crippen LogP contribution in [0.25, 0.3) is 0 Å². The SMILES string of the molecule is O=C1CCN(C(=O)c2ccccc2CC2CCNC2)CCN1. The molecule has 118 valence electrons. The highest BCUT2D eigenvalue weighted by Crippen LogP contribution is 2.20. The number of hydrogen-bond acceptors (Lipinski definition) is 3. The van der Waals surface area contributed by atoms with E-state index in [2.05, 4.69) is 16.7 Å². The maximum Gasteiger partial charge on any atom is 0.254 e. The van der Waals surface area contributed by atoms with Crippen molar-refractivity contribution in [1.82, 2.24) is 15.5 Å². The van der Waals surface area contributed by atoms with Crippen LogP contribution in [0.3, 0.4) is 0 Å². The van der Waals surface area contributed by atoms with Crippen LogP contribution >= 0.6 is 0 Å². The molecule has 2 amide bonds. The molecule has 0 aliphatic carbocycles. The van der Waals surface area contributed by atoms with E-state index < -0.39 is 0 Å². The highest BCUT2D eigenvalue weighted by atomic mass is 16.2. The molecular formula is C17H23N3O2. The van der Waals surface area contributed by atoms with Gasteiger partial charge in [0, 0.05) is 31.6 Å². The van der Waals surface area contributed by atoms with Crippen LogP contribution < -0.4 is 10.6 Å². The van der Waals surface area contributed by atoms with Crippen LogP contribution in [0, 0.1) is 5.92 Å². The second-order valence-electron chi connectivity index (χ2n) is 6.11. The molecule has 5 heteroatoms. The Morgan fingerprint density at radius 3 is 2.91 bits per heavy atom. The van der Waals surface area contributed by atoms with E-state index in [-0.39, 0.29) is 11.8 Å². The quantitative estimate of drug-likeness (QED) is 0.868. The molecule has 1 aromatic rings. The summed E-state index contributed by atoms with van der Waals surface area (Å²) in [6.45, 7) is 3.73. The van der Waals surface area contributed by atoms with Gasteiger partial charge in [-0.3, -0.25) is 9.59 Å². The van der Waals surface area contributed by atoms with Crippen molar-refractivity contribution in [2.75, 3.05) is 32.7 Å². The Hall–Kier alpha value is -1.88. The summed E-state index contributed by atoms with van der Waals surface area (Å²) in [4.78, 5) is 26.0. The van der Waals surface area contributed by atoms with E-state index in [1.807, 2.05) is 18.2 Å². The van der Waals surface area contributed by atoms with Crippen LogP contribution in [0.2, 0.25) is 0 Å². The zero-order chi connectivity index (χ0) is 15.4. The van der Waals surface area contributed by atoms with Gasteiger partial charge in [0.1, 0.15) is 0 Å². The predicted octanol–water partition coefficient (Wildman–Crippen LogP) is 0.801. The number of nitrogens with one attached hydrogen (secondary N) is 2. The van der Waals surface area contributed by atoms with Crippen molar-refractivity contribution >= 4 is 11.8 Å².